The van der Waals surface area contributed by atoms with Crippen LogP contribution in [0, 0.1) is 0 Å². The number of aromatic nitrogens is 1. The lowest BCUT2D eigenvalue weighted by atomic mass is 10.2. The molecule has 2 heterocycles. The third-order valence-electron chi connectivity index (χ3n) is 1.78. The van der Waals surface area contributed by atoms with Gasteiger partial charge < -0.3 is 5.32 Å². The number of pyridine rings is 1. The van der Waals surface area contributed by atoms with Gasteiger partial charge >= 0.3 is 0 Å². The molecule has 0 saturated heterocycles. The van der Waals surface area contributed by atoms with E-state index in [-0.39, 0.29) is 0 Å². The van der Waals surface area contributed by atoms with Crippen molar-refractivity contribution in [3.8, 4) is 0 Å². The lowest BCUT2D eigenvalue weighted by Crippen LogP contribution is -2.38. The zero-order valence-electron chi connectivity index (χ0n) is 6.41. The largest absolute Gasteiger partial charge is 0.383 e. The first-order chi connectivity index (χ1) is 5.36. The van der Waals surface area contributed by atoms with Crippen LogP contribution in [0.25, 0.3) is 12.3 Å². The van der Waals surface area contributed by atoms with Gasteiger partial charge in [-0.25, -0.2) is 0 Å². The summed E-state index contributed by atoms with van der Waals surface area (Å²) in [6.45, 7) is 2.12. The Hall–Kier alpha value is -1.31. The summed E-state index contributed by atoms with van der Waals surface area (Å²) in [6.07, 6.45) is 5.93. The summed E-state index contributed by atoms with van der Waals surface area (Å²) in [7, 11) is 0. The van der Waals surface area contributed by atoms with Crippen LogP contribution in [0.5, 0.6) is 0 Å². The molecule has 0 saturated carbocycles. The van der Waals surface area contributed by atoms with E-state index in [4.69, 9.17) is 0 Å². The second-order valence-electron chi connectivity index (χ2n) is 2.74. The van der Waals surface area contributed by atoms with E-state index < -0.39 is 0 Å². The minimum Gasteiger partial charge on any atom is -0.383 e. The van der Waals surface area contributed by atoms with Crippen molar-refractivity contribution in [2.45, 2.75) is 13.0 Å². The van der Waals surface area contributed by atoms with Gasteiger partial charge in [0.25, 0.3) is 0 Å². The minimum atomic E-state index is 0.423. The molecular weight excluding hydrogens is 136 g/mol. The van der Waals surface area contributed by atoms with E-state index in [0.29, 0.717) is 6.04 Å². The Morgan fingerprint density at radius 1 is 1.55 bits per heavy atom. The Labute approximate surface area is 65.3 Å². The van der Waals surface area contributed by atoms with Crippen molar-refractivity contribution >= 4 is 12.3 Å². The SMILES string of the molecule is CC1C=c2cccnc2=CN1. The maximum atomic E-state index is 4.20. The zero-order valence-corrected chi connectivity index (χ0v) is 6.41. The number of fused-ring (bicyclic) bond motifs is 1. The van der Waals surface area contributed by atoms with Crippen LogP contribution in [0.2, 0.25) is 0 Å². The van der Waals surface area contributed by atoms with Gasteiger partial charge in [-0.15, -0.1) is 0 Å². The Balaban J connectivity index is 2.73. The second kappa shape index (κ2) is 2.38. The highest BCUT2D eigenvalue weighted by molar-refractivity contribution is 5.38. The maximum absolute atomic E-state index is 4.20. The molecule has 56 valence electrons. The first-order valence-corrected chi connectivity index (χ1v) is 3.75. The predicted molar refractivity (Wildman–Crippen MR) is 45.0 cm³/mol. The van der Waals surface area contributed by atoms with Gasteiger partial charge in [0.2, 0.25) is 0 Å². The van der Waals surface area contributed by atoms with Gasteiger partial charge in [0.15, 0.2) is 0 Å². The lowest BCUT2D eigenvalue weighted by Gasteiger charge is -2.09. The number of nitrogens with zero attached hydrogens (tertiary/aromatic N) is 1. The smallest absolute Gasteiger partial charge is 0.0856 e. The monoisotopic (exact) mass is 146 g/mol. The van der Waals surface area contributed by atoms with Crippen LogP contribution in [0.4, 0.5) is 0 Å². The first kappa shape index (κ1) is 6.40. The third kappa shape index (κ3) is 1.11. The Morgan fingerprint density at radius 2 is 2.45 bits per heavy atom. The average Bonchev–Trinajstić information content (AvgIpc) is 2.04. The molecule has 1 aromatic heterocycles. The number of hydrogen-bond acceptors (Lipinski definition) is 2. The molecule has 1 aliphatic rings. The molecule has 2 heteroatoms. The molecule has 11 heavy (non-hydrogen) atoms. The van der Waals surface area contributed by atoms with Crippen molar-refractivity contribution < 1.29 is 0 Å². The molecule has 1 unspecified atom stereocenters. The lowest BCUT2D eigenvalue weighted by molar-refractivity contribution is 0.821. The van der Waals surface area contributed by atoms with Crippen LogP contribution < -0.4 is 15.9 Å². The highest BCUT2D eigenvalue weighted by Gasteiger charge is 1.97. The summed E-state index contributed by atoms with van der Waals surface area (Å²) in [6, 6.07) is 4.46. The van der Waals surface area contributed by atoms with Crippen LogP contribution in [0.1, 0.15) is 6.92 Å². The predicted octanol–water partition coefficient (Wildman–Crippen LogP) is -0.408. The average molecular weight is 146 g/mol. The summed E-state index contributed by atoms with van der Waals surface area (Å²) in [5, 5.41) is 5.45. The van der Waals surface area contributed by atoms with Crippen LogP contribution in [-0.4, -0.2) is 11.0 Å². The Kier molecular flexibility index (Phi) is 1.39. The van der Waals surface area contributed by atoms with Gasteiger partial charge in [-0.05, 0) is 18.2 Å². The van der Waals surface area contributed by atoms with E-state index in [2.05, 4.69) is 29.4 Å². The van der Waals surface area contributed by atoms with Gasteiger partial charge in [-0.2, -0.15) is 0 Å². The molecule has 0 amide bonds. The van der Waals surface area contributed by atoms with E-state index in [9.17, 15) is 0 Å². The molecule has 2 nitrogen and oxygen atoms in total. The quantitative estimate of drug-likeness (QED) is 0.538. The van der Waals surface area contributed by atoms with E-state index in [1.54, 1.807) is 6.20 Å². The summed E-state index contributed by atoms with van der Waals surface area (Å²) in [4.78, 5) is 4.20. The third-order valence-corrected chi connectivity index (χ3v) is 1.78. The van der Waals surface area contributed by atoms with Gasteiger partial charge in [0.05, 0.1) is 5.35 Å². The van der Waals surface area contributed by atoms with Crippen LogP contribution in [0.15, 0.2) is 18.3 Å². The summed E-state index contributed by atoms with van der Waals surface area (Å²) >= 11 is 0. The van der Waals surface area contributed by atoms with E-state index in [1.807, 2.05) is 12.3 Å². The van der Waals surface area contributed by atoms with Crippen molar-refractivity contribution in [3.63, 3.8) is 0 Å². The molecule has 0 spiro atoms. The highest BCUT2D eigenvalue weighted by Crippen LogP contribution is 1.84. The van der Waals surface area contributed by atoms with Crippen LogP contribution in [-0.2, 0) is 0 Å². The molecule has 2 rings (SSSR count). The van der Waals surface area contributed by atoms with Gasteiger partial charge in [0, 0.05) is 18.4 Å². The summed E-state index contributed by atoms with van der Waals surface area (Å²) < 4.78 is 0. The molecule has 0 aliphatic carbocycles. The fraction of sp³-hybridized carbons (Fsp3) is 0.222. The molecular formula is C9H10N2. The first-order valence-electron chi connectivity index (χ1n) is 3.75. The molecule has 1 aromatic rings. The molecule has 0 aromatic carbocycles. The van der Waals surface area contributed by atoms with E-state index in [0.717, 1.165) is 5.35 Å². The molecule has 0 bridgehead atoms. The van der Waals surface area contributed by atoms with Crippen molar-refractivity contribution in [1.82, 2.24) is 10.3 Å². The fourth-order valence-electron chi connectivity index (χ4n) is 1.22. The fourth-order valence-corrected chi connectivity index (χ4v) is 1.22. The Bertz CT molecular complexity index is 367. The normalized spacial score (nSPS) is 20.6. The highest BCUT2D eigenvalue weighted by atomic mass is 14.9. The van der Waals surface area contributed by atoms with Crippen LogP contribution >= 0.6 is 0 Å². The molecule has 1 aliphatic heterocycles. The molecule has 0 fully saturated rings. The second-order valence-corrected chi connectivity index (χ2v) is 2.74. The molecule has 1 N–H and O–H groups in total. The van der Waals surface area contributed by atoms with E-state index in [1.165, 1.54) is 5.22 Å². The topological polar surface area (TPSA) is 24.9 Å². The summed E-state index contributed by atoms with van der Waals surface area (Å²) in [5.74, 6) is 0. The van der Waals surface area contributed by atoms with Crippen molar-refractivity contribution in [2.75, 3.05) is 0 Å². The zero-order chi connectivity index (χ0) is 7.68. The number of nitrogens with one attached hydrogen (secondary N) is 1. The van der Waals surface area contributed by atoms with E-state index >= 15 is 0 Å². The number of rotatable bonds is 0. The van der Waals surface area contributed by atoms with Crippen LogP contribution in [0.3, 0.4) is 0 Å². The van der Waals surface area contributed by atoms with Gasteiger partial charge in [-0.1, -0.05) is 12.1 Å². The minimum absolute atomic E-state index is 0.423. The molecule has 1 atom stereocenters. The molecule has 0 radical (unpaired) electrons. The van der Waals surface area contributed by atoms with Gasteiger partial charge in [-0.3, -0.25) is 4.98 Å². The summed E-state index contributed by atoms with van der Waals surface area (Å²) in [5.41, 5.74) is 0. The number of hydrogen-bond donors (Lipinski definition) is 1. The van der Waals surface area contributed by atoms with Crippen molar-refractivity contribution in [1.29, 1.82) is 0 Å². The van der Waals surface area contributed by atoms with Gasteiger partial charge in [0.1, 0.15) is 0 Å². The maximum Gasteiger partial charge on any atom is 0.0856 e. The van der Waals surface area contributed by atoms with Crippen molar-refractivity contribution in [2.24, 2.45) is 0 Å². The standard InChI is InChI=1S/C9H10N2/c1-7-5-8-3-2-4-10-9(8)6-11-7/h2-7,11H,1H3. The Morgan fingerprint density at radius 3 is 3.36 bits per heavy atom. The van der Waals surface area contributed by atoms with Crippen molar-refractivity contribution in [3.05, 3.63) is 28.9 Å².